The number of nitrogens with zero attached hydrogens (tertiary/aromatic N) is 3. The van der Waals surface area contributed by atoms with Crippen molar-refractivity contribution in [2.75, 3.05) is 0 Å². The predicted molar refractivity (Wildman–Crippen MR) is 118 cm³/mol. The van der Waals surface area contributed by atoms with Crippen molar-refractivity contribution in [3.63, 3.8) is 0 Å². The van der Waals surface area contributed by atoms with E-state index in [0.29, 0.717) is 5.56 Å². The molecule has 5 heteroatoms. The van der Waals surface area contributed by atoms with Gasteiger partial charge in [-0.15, -0.1) is 0 Å². The average Bonchev–Trinajstić information content (AvgIpc) is 3.10. The minimum atomic E-state index is -0.0360. The number of benzene rings is 2. The number of imidazole rings is 1. The lowest BCUT2D eigenvalue weighted by Gasteiger charge is -2.26. The van der Waals surface area contributed by atoms with Crippen molar-refractivity contribution in [3.05, 3.63) is 88.9 Å². The monoisotopic (exact) mass is 396 g/mol. The molecule has 0 saturated carbocycles. The standard InChI is InChI=1S/C25H24N4O/c1-16-19(25(30)28-21-12-5-9-18-8-3-4-10-20(18)21)11-6-14-23(16)29-17(2)27-22-13-7-15-26-24(22)29/h3-4,6-8,10-11,13-15,21H,5,9,12H2,1-2H3,(H,28,30)/t21-/m0/s1. The lowest BCUT2D eigenvalue weighted by atomic mass is 9.87. The molecule has 2 heterocycles. The van der Waals surface area contributed by atoms with E-state index in [2.05, 4.69) is 39.6 Å². The van der Waals surface area contributed by atoms with Crippen LogP contribution < -0.4 is 5.32 Å². The van der Waals surface area contributed by atoms with Gasteiger partial charge < -0.3 is 5.32 Å². The molecule has 1 amide bonds. The summed E-state index contributed by atoms with van der Waals surface area (Å²) in [5.74, 6) is 0.816. The molecule has 0 fully saturated rings. The Morgan fingerprint density at radius 3 is 2.83 bits per heavy atom. The predicted octanol–water partition coefficient (Wildman–Crippen LogP) is 4.84. The minimum absolute atomic E-state index is 0.0360. The number of nitrogens with one attached hydrogen (secondary N) is 1. The molecule has 4 aromatic rings. The summed E-state index contributed by atoms with van der Waals surface area (Å²) in [6, 6.07) is 18.2. The first-order valence-corrected chi connectivity index (χ1v) is 10.4. The van der Waals surface area contributed by atoms with E-state index in [0.717, 1.165) is 47.5 Å². The van der Waals surface area contributed by atoms with E-state index in [1.807, 2.05) is 48.7 Å². The van der Waals surface area contributed by atoms with Crippen LogP contribution in [0.5, 0.6) is 0 Å². The largest absolute Gasteiger partial charge is 0.345 e. The van der Waals surface area contributed by atoms with Gasteiger partial charge in [0.2, 0.25) is 0 Å². The lowest BCUT2D eigenvalue weighted by molar-refractivity contribution is 0.0932. The SMILES string of the molecule is Cc1c(C(=O)N[C@H]2CCCc3ccccc32)cccc1-n1c(C)nc2cccnc21. The highest BCUT2D eigenvalue weighted by atomic mass is 16.1. The summed E-state index contributed by atoms with van der Waals surface area (Å²) >= 11 is 0. The van der Waals surface area contributed by atoms with E-state index >= 15 is 0 Å². The molecule has 5 rings (SSSR count). The van der Waals surface area contributed by atoms with Crippen LogP contribution in [-0.4, -0.2) is 20.4 Å². The van der Waals surface area contributed by atoms with E-state index in [9.17, 15) is 4.79 Å². The summed E-state index contributed by atoms with van der Waals surface area (Å²) in [7, 11) is 0. The van der Waals surface area contributed by atoms with Crippen LogP contribution in [0.2, 0.25) is 0 Å². The number of hydrogen-bond donors (Lipinski definition) is 1. The third kappa shape index (κ3) is 3.07. The van der Waals surface area contributed by atoms with E-state index in [-0.39, 0.29) is 11.9 Å². The van der Waals surface area contributed by atoms with Gasteiger partial charge in [-0.3, -0.25) is 9.36 Å². The quantitative estimate of drug-likeness (QED) is 0.539. The van der Waals surface area contributed by atoms with Crippen molar-refractivity contribution in [2.45, 2.75) is 39.2 Å². The van der Waals surface area contributed by atoms with Crippen LogP contribution in [0.15, 0.2) is 60.8 Å². The van der Waals surface area contributed by atoms with Gasteiger partial charge in [-0.25, -0.2) is 9.97 Å². The Morgan fingerprint density at radius 2 is 1.93 bits per heavy atom. The molecule has 150 valence electrons. The van der Waals surface area contributed by atoms with Crippen molar-refractivity contribution in [3.8, 4) is 5.69 Å². The zero-order valence-corrected chi connectivity index (χ0v) is 17.2. The van der Waals surface area contributed by atoms with E-state index in [1.54, 1.807) is 6.20 Å². The molecule has 30 heavy (non-hydrogen) atoms. The molecule has 5 nitrogen and oxygen atoms in total. The number of carbonyl (C=O) groups is 1. The van der Waals surface area contributed by atoms with Crippen molar-refractivity contribution < 1.29 is 4.79 Å². The number of aromatic nitrogens is 3. The second-order valence-electron chi connectivity index (χ2n) is 7.91. The zero-order chi connectivity index (χ0) is 20.7. The second-order valence-corrected chi connectivity index (χ2v) is 7.91. The number of pyridine rings is 1. The zero-order valence-electron chi connectivity index (χ0n) is 17.2. The third-order valence-corrected chi connectivity index (χ3v) is 6.05. The minimum Gasteiger partial charge on any atom is -0.345 e. The van der Waals surface area contributed by atoms with E-state index < -0.39 is 0 Å². The van der Waals surface area contributed by atoms with Gasteiger partial charge in [-0.1, -0.05) is 30.3 Å². The Morgan fingerprint density at radius 1 is 1.07 bits per heavy atom. The fraction of sp³-hybridized carbons (Fsp3) is 0.240. The fourth-order valence-electron chi connectivity index (χ4n) is 4.57. The topological polar surface area (TPSA) is 59.8 Å². The second kappa shape index (κ2) is 7.41. The number of carbonyl (C=O) groups excluding carboxylic acids is 1. The maximum Gasteiger partial charge on any atom is 0.252 e. The summed E-state index contributed by atoms with van der Waals surface area (Å²) in [6.45, 7) is 3.96. The van der Waals surface area contributed by atoms with Gasteiger partial charge in [0.1, 0.15) is 11.3 Å². The Kier molecular flexibility index (Phi) is 4.58. The lowest BCUT2D eigenvalue weighted by Crippen LogP contribution is -2.31. The smallest absolute Gasteiger partial charge is 0.252 e. The Labute approximate surface area is 175 Å². The van der Waals surface area contributed by atoms with Crippen LogP contribution in [0, 0.1) is 13.8 Å². The molecular formula is C25H24N4O. The summed E-state index contributed by atoms with van der Waals surface area (Å²) in [6.07, 6.45) is 4.91. The van der Waals surface area contributed by atoms with Crippen LogP contribution >= 0.6 is 0 Å². The molecule has 0 unspecified atom stereocenters. The molecule has 1 N–H and O–H groups in total. The van der Waals surface area contributed by atoms with Crippen LogP contribution in [0.1, 0.15) is 51.8 Å². The summed E-state index contributed by atoms with van der Waals surface area (Å²) < 4.78 is 2.03. The van der Waals surface area contributed by atoms with Crippen molar-refractivity contribution >= 4 is 17.1 Å². The van der Waals surface area contributed by atoms with Gasteiger partial charge in [-0.05, 0) is 74.1 Å². The van der Waals surface area contributed by atoms with Crippen LogP contribution in [0.3, 0.4) is 0 Å². The van der Waals surface area contributed by atoms with Gasteiger partial charge in [0.25, 0.3) is 5.91 Å². The summed E-state index contributed by atoms with van der Waals surface area (Å²) in [5.41, 5.74) is 6.78. The highest BCUT2D eigenvalue weighted by Gasteiger charge is 2.23. The Hall–Kier alpha value is -3.47. The maximum absolute atomic E-state index is 13.3. The first kappa shape index (κ1) is 18.6. The van der Waals surface area contributed by atoms with E-state index in [1.165, 1.54) is 11.1 Å². The molecule has 1 aliphatic carbocycles. The van der Waals surface area contributed by atoms with Gasteiger partial charge in [-0.2, -0.15) is 0 Å². The normalized spacial score (nSPS) is 15.7. The molecule has 0 aliphatic heterocycles. The fourth-order valence-corrected chi connectivity index (χ4v) is 4.57. The van der Waals surface area contributed by atoms with Gasteiger partial charge in [0, 0.05) is 11.8 Å². The van der Waals surface area contributed by atoms with Gasteiger partial charge in [0.05, 0.1) is 11.7 Å². The number of aryl methyl sites for hydroxylation is 2. The third-order valence-electron chi connectivity index (χ3n) is 6.05. The number of amides is 1. The molecule has 0 bridgehead atoms. The number of hydrogen-bond acceptors (Lipinski definition) is 3. The first-order valence-electron chi connectivity index (χ1n) is 10.4. The number of fused-ring (bicyclic) bond motifs is 2. The highest BCUT2D eigenvalue weighted by molar-refractivity contribution is 5.97. The average molecular weight is 396 g/mol. The molecule has 1 atom stereocenters. The number of rotatable bonds is 3. The molecular weight excluding hydrogens is 372 g/mol. The van der Waals surface area contributed by atoms with Crippen LogP contribution in [-0.2, 0) is 6.42 Å². The molecule has 0 spiro atoms. The molecule has 0 radical (unpaired) electrons. The molecule has 1 aliphatic rings. The molecule has 2 aromatic heterocycles. The first-order chi connectivity index (χ1) is 14.6. The summed E-state index contributed by atoms with van der Waals surface area (Å²) in [5, 5.41) is 3.28. The van der Waals surface area contributed by atoms with E-state index in [4.69, 9.17) is 0 Å². The van der Waals surface area contributed by atoms with Gasteiger partial charge >= 0.3 is 0 Å². The maximum atomic E-state index is 13.3. The summed E-state index contributed by atoms with van der Waals surface area (Å²) in [4.78, 5) is 22.4. The Balaban J connectivity index is 1.51. The molecule has 2 aromatic carbocycles. The molecule has 0 saturated heterocycles. The highest BCUT2D eigenvalue weighted by Crippen LogP contribution is 2.30. The van der Waals surface area contributed by atoms with Crippen LogP contribution in [0.25, 0.3) is 16.9 Å². The Bertz CT molecular complexity index is 1260. The van der Waals surface area contributed by atoms with Crippen molar-refractivity contribution in [1.82, 2.24) is 19.9 Å². The van der Waals surface area contributed by atoms with Crippen molar-refractivity contribution in [1.29, 1.82) is 0 Å². The van der Waals surface area contributed by atoms with Crippen molar-refractivity contribution in [2.24, 2.45) is 0 Å². The van der Waals surface area contributed by atoms with Gasteiger partial charge in [0.15, 0.2) is 5.65 Å². The van der Waals surface area contributed by atoms with Crippen LogP contribution in [0.4, 0.5) is 0 Å².